The molecule has 0 aliphatic carbocycles. The van der Waals surface area contributed by atoms with Crippen LogP contribution in [0.5, 0.6) is 0 Å². The summed E-state index contributed by atoms with van der Waals surface area (Å²) in [6, 6.07) is 10.4. The average Bonchev–Trinajstić information content (AvgIpc) is 3.12. The van der Waals surface area contributed by atoms with Crippen LogP contribution in [0, 0.1) is 0 Å². The minimum atomic E-state index is -0.123. The van der Waals surface area contributed by atoms with Crippen LogP contribution < -0.4 is 5.32 Å². The van der Waals surface area contributed by atoms with Gasteiger partial charge in [-0.3, -0.25) is 14.6 Å². The fourth-order valence-electron chi connectivity index (χ4n) is 2.12. The van der Waals surface area contributed by atoms with Crippen LogP contribution in [0.3, 0.4) is 0 Å². The molecule has 132 valence electrons. The molecule has 0 aliphatic heterocycles. The zero-order valence-corrected chi connectivity index (χ0v) is 14.8. The van der Waals surface area contributed by atoms with E-state index in [4.69, 9.17) is 4.42 Å². The number of carbonyl (C=O) groups excluding carboxylic acids is 2. The Morgan fingerprint density at radius 1 is 1.08 bits per heavy atom. The zero-order chi connectivity index (χ0) is 18.4. The first-order valence-corrected chi connectivity index (χ1v) is 8.88. The smallest absolute Gasteiger partial charge is 0.276 e. The van der Waals surface area contributed by atoms with Crippen LogP contribution in [0.25, 0.3) is 11.5 Å². The molecule has 0 bridgehead atoms. The number of nitrogens with zero attached hydrogens (tertiary/aromatic N) is 3. The van der Waals surface area contributed by atoms with Crippen LogP contribution in [-0.4, -0.2) is 32.6 Å². The van der Waals surface area contributed by atoms with E-state index in [0.717, 1.165) is 5.56 Å². The van der Waals surface area contributed by atoms with Gasteiger partial charge in [-0.2, -0.15) is 0 Å². The molecular formula is C18H16N4O3S. The van der Waals surface area contributed by atoms with Crippen molar-refractivity contribution in [3.05, 3.63) is 54.4 Å². The number of pyridine rings is 1. The fourth-order valence-corrected chi connectivity index (χ4v) is 2.82. The molecule has 0 spiro atoms. The van der Waals surface area contributed by atoms with Crippen molar-refractivity contribution in [2.75, 3.05) is 11.1 Å². The molecule has 7 nitrogen and oxygen atoms in total. The molecular weight excluding hydrogens is 352 g/mol. The van der Waals surface area contributed by atoms with Gasteiger partial charge in [0, 0.05) is 41.4 Å². The van der Waals surface area contributed by atoms with Crippen LogP contribution >= 0.6 is 11.8 Å². The molecule has 2 aromatic heterocycles. The molecule has 0 saturated heterocycles. The molecule has 2 heterocycles. The summed E-state index contributed by atoms with van der Waals surface area (Å²) in [5, 5.41) is 11.1. The van der Waals surface area contributed by atoms with E-state index < -0.39 is 0 Å². The van der Waals surface area contributed by atoms with Gasteiger partial charge in [0.15, 0.2) is 5.78 Å². The third-order valence-corrected chi connectivity index (χ3v) is 4.28. The lowest BCUT2D eigenvalue weighted by atomic mass is 10.1. The second-order valence-corrected chi connectivity index (χ2v) is 6.44. The van der Waals surface area contributed by atoms with E-state index >= 15 is 0 Å². The Bertz CT molecular complexity index is 894. The molecule has 1 aromatic carbocycles. The number of hydrogen-bond donors (Lipinski definition) is 1. The molecule has 0 saturated carbocycles. The predicted molar refractivity (Wildman–Crippen MR) is 97.9 cm³/mol. The maximum Gasteiger partial charge on any atom is 0.276 e. The Hall–Kier alpha value is -3.00. The number of nitrogens with one attached hydrogen (secondary N) is 1. The van der Waals surface area contributed by atoms with E-state index in [1.165, 1.54) is 18.7 Å². The topological polar surface area (TPSA) is 98.0 Å². The van der Waals surface area contributed by atoms with E-state index in [2.05, 4.69) is 20.5 Å². The predicted octanol–water partition coefficient (Wildman–Crippen LogP) is 3.46. The van der Waals surface area contributed by atoms with Gasteiger partial charge in [-0.05, 0) is 43.3 Å². The van der Waals surface area contributed by atoms with Crippen LogP contribution in [0.15, 0.2) is 58.4 Å². The highest BCUT2D eigenvalue weighted by molar-refractivity contribution is 7.99. The van der Waals surface area contributed by atoms with Crippen LogP contribution in [-0.2, 0) is 4.79 Å². The number of aromatic nitrogens is 3. The summed E-state index contributed by atoms with van der Waals surface area (Å²) in [6.45, 7) is 1.50. The molecule has 0 atom stereocenters. The van der Waals surface area contributed by atoms with Crippen molar-refractivity contribution >= 4 is 29.1 Å². The summed E-state index contributed by atoms with van der Waals surface area (Å²) in [7, 11) is 0. The summed E-state index contributed by atoms with van der Waals surface area (Å²) in [4.78, 5) is 27.2. The number of carbonyl (C=O) groups is 2. The van der Waals surface area contributed by atoms with Gasteiger partial charge in [-0.1, -0.05) is 11.8 Å². The van der Waals surface area contributed by atoms with E-state index in [-0.39, 0.29) is 11.7 Å². The Kier molecular flexibility index (Phi) is 5.75. The molecule has 1 N–H and O–H groups in total. The number of benzene rings is 1. The number of Topliss-reactive ketones (excluding diaryl/α,β-unsaturated/α-hetero) is 1. The maximum absolute atomic E-state index is 12.0. The summed E-state index contributed by atoms with van der Waals surface area (Å²) in [5.74, 6) is 0.798. The van der Waals surface area contributed by atoms with Gasteiger partial charge in [0.25, 0.3) is 5.22 Å². The van der Waals surface area contributed by atoms with Crippen molar-refractivity contribution in [3.63, 3.8) is 0 Å². The first-order valence-electron chi connectivity index (χ1n) is 7.89. The monoisotopic (exact) mass is 368 g/mol. The van der Waals surface area contributed by atoms with Gasteiger partial charge >= 0.3 is 0 Å². The van der Waals surface area contributed by atoms with E-state index in [1.54, 1.807) is 48.8 Å². The van der Waals surface area contributed by atoms with Gasteiger partial charge in [-0.15, -0.1) is 10.2 Å². The Labute approximate surface area is 154 Å². The average molecular weight is 368 g/mol. The summed E-state index contributed by atoms with van der Waals surface area (Å²) in [5.41, 5.74) is 2.06. The molecule has 3 rings (SSSR count). The van der Waals surface area contributed by atoms with Crippen molar-refractivity contribution in [2.45, 2.75) is 18.6 Å². The molecule has 1 amide bonds. The summed E-state index contributed by atoms with van der Waals surface area (Å²) >= 11 is 1.32. The Morgan fingerprint density at radius 2 is 1.81 bits per heavy atom. The van der Waals surface area contributed by atoms with Crippen molar-refractivity contribution in [2.24, 2.45) is 0 Å². The molecule has 26 heavy (non-hydrogen) atoms. The Morgan fingerprint density at radius 3 is 2.50 bits per heavy atom. The standard InChI is InChI=1S/C18H16N4O3S/c1-12(23)13-2-4-15(5-3-13)20-16(24)8-11-26-18-22-21-17(25-18)14-6-9-19-10-7-14/h2-7,9-10H,8,11H2,1H3,(H,20,24). The zero-order valence-electron chi connectivity index (χ0n) is 14.0. The quantitative estimate of drug-likeness (QED) is 0.504. The number of rotatable bonds is 7. The number of amides is 1. The Balaban J connectivity index is 1.46. The fraction of sp³-hybridized carbons (Fsp3) is 0.167. The minimum absolute atomic E-state index is 0.00929. The number of thioether (sulfide) groups is 1. The lowest BCUT2D eigenvalue weighted by Gasteiger charge is -2.05. The lowest BCUT2D eigenvalue weighted by molar-refractivity contribution is -0.115. The number of ketones is 1. The SMILES string of the molecule is CC(=O)c1ccc(NC(=O)CCSc2nnc(-c3ccncc3)o2)cc1. The second kappa shape index (κ2) is 8.39. The summed E-state index contributed by atoms with van der Waals surface area (Å²) < 4.78 is 5.55. The largest absolute Gasteiger partial charge is 0.411 e. The van der Waals surface area contributed by atoms with Crippen molar-refractivity contribution in [1.82, 2.24) is 15.2 Å². The van der Waals surface area contributed by atoms with Gasteiger partial charge in [0.1, 0.15) is 0 Å². The van der Waals surface area contributed by atoms with Crippen molar-refractivity contribution in [3.8, 4) is 11.5 Å². The van der Waals surface area contributed by atoms with E-state index in [9.17, 15) is 9.59 Å². The second-order valence-electron chi connectivity index (χ2n) is 5.39. The van der Waals surface area contributed by atoms with Gasteiger partial charge in [-0.25, -0.2) is 0 Å². The lowest BCUT2D eigenvalue weighted by Crippen LogP contribution is -2.12. The van der Waals surface area contributed by atoms with Crippen LogP contribution in [0.4, 0.5) is 5.69 Å². The highest BCUT2D eigenvalue weighted by Gasteiger charge is 2.10. The molecule has 8 heteroatoms. The van der Waals surface area contributed by atoms with E-state index in [1.807, 2.05) is 0 Å². The van der Waals surface area contributed by atoms with Crippen molar-refractivity contribution in [1.29, 1.82) is 0 Å². The number of anilines is 1. The molecule has 0 unspecified atom stereocenters. The molecule has 0 aliphatic rings. The third kappa shape index (κ3) is 4.76. The highest BCUT2D eigenvalue weighted by Crippen LogP contribution is 2.23. The highest BCUT2D eigenvalue weighted by atomic mass is 32.2. The third-order valence-electron chi connectivity index (χ3n) is 3.46. The van der Waals surface area contributed by atoms with Gasteiger partial charge < -0.3 is 9.73 Å². The van der Waals surface area contributed by atoms with Gasteiger partial charge in [0.05, 0.1) is 0 Å². The van der Waals surface area contributed by atoms with Gasteiger partial charge in [0.2, 0.25) is 11.8 Å². The first-order chi connectivity index (χ1) is 12.6. The minimum Gasteiger partial charge on any atom is -0.411 e. The molecule has 0 radical (unpaired) electrons. The summed E-state index contributed by atoms with van der Waals surface area (Å²) in [6.07, 6.45) is 3.60. The molecule has 3 aromatic rings. The van der Waals surface area contributed by atoms with E-state index in [0.29, 0.717) is 34.5 Å². The maximum atomic E-state index is 12.0. The van der Waals surface area contributed by atoms with Crippen LogP contribution in [0.2, 0.25) is 0 Å². The van der Waals surface area contributed by atoms with Crippen LogP contribution in [0.1, 0.15) is 23.7 Å². The van der Waals surface area contributed by atoms with Crippen molar-refractivity contribution < 1.29 is 14.0 Å². The number of hydrogen-bond acceptors (Lipinski definition) is 7. The normalized spacial score (nSPS) is 10.5. The first kappa shape index (κ1) is 17.8. The molecule has 0 fully saturated rings.